The molecule has 0 aliphatic carbocycles. The topological polar surface area (TPSA) is 37.3 Å². The van der Waals surface area contributed by atoms with Crippen molar-refractivity contribution in [1.29, 1.82) is 0 Å². The molecular formula is C12H10BrClIO2-. The molecule has 1 N–H and O–H groups in total. The van der Waals surface area contributed by atoms with E-state index in [1.165, 1.54) is 0 Å². The molecular weight excluding hydrogens is 418 g/mol. The molecule has 2 rings (SSSR count). The molecule has 0 amide bonds. The average Bonchev–Trinajstić information content (AvgIpc) is 2.33. The minimum absolute atomic E-state index is 0.00169. The molecule has 1 aliphatic heterocycles. The van der Waals surface area contributed by atoms with Crippen molar-refractivity contribution >= 4 is 33.5 Å². The summed E-state index contributed by atoms with van der Waals surface area (Å²) >= 11 is 9.51. The van der Waals surface area contributed by atoms with Crippen LogP contribution in [0.5, 0.6) is 0 Å². The van der Waals surface area contributed by atoms with Crippen molar-refractivity contribution < 1.29 is 31.1 Å². The van der Waals surface area contributed by atoms with Gasteiger partial charge in [-0.3, -0.25) is 0 Å². The Morgan fingerprint density at radius 3 is 2.88 bits per heavy atom. The summed E-state index contributed by atoms with van der Waals surface area (Å²) in [6, 6.07) is 3.50. The normalized spacial score (nSPS) is 19.8. The molecule has 5 heteroatoms. The Labute approximate surface area is 123 Å². The van der Waals surface area contributed by atoms with Gasteiger partial charge in [0.15, 0.2) is 0 Å². The van der Waals surface area contributed by atoms with E-state index in [4.69, 9.17) is 16.7 Å². The van der Waals surface area contributed by atoms with Gasteiger partial charge in [0.1, 0.15) is 0 Å². The number of aromatic carboxylic acids is 1. The third-order valence-corrected chi connectivity index (χ3v) is 7.14. The summed E-state index contributed by atoms with van der Waals surface area (Å²) in [6.07, 6.45) is 4.45. The summed E-state index contributed by atoms with van der Waals surface area (Å²) in [6.45, 7) is 0. The molecule has 1 unspecified atom stereocenters. The van der Waals surface area contributed by atoms with E-state index >= 15 is 0 Å². The fraction of sp³-hybridized carbons (Fsp3) is 0.250. The van der Waals surface area contributed by atoms with Gasteiger partial charge in [-0.1, -0.05) is 0 Å². The van der Waals surface area contributed by atoms with Crippen LogP contribution in [0.4, 0.5) is 0 Å². The number of halogens is 3. The zero-order chi connectivity index (χ0) is 12.4. The average molecular weight is 428 g/mol. The van der Waals surface area contributed by atoms with Gasteiger partial charge >= 0.3 is 124 Å². The quantitative estimate of drug-likeness (QED) is 0.569. The Morgan fingerprint density at radius 1 is 1.53 bits per heavy atom. The molecule has 0 bridgehead atoms. The van der Waals surface area contributed by atoms with Crippen molar-refractivity contribution in [3.05, 3.63) is 42.9 Å². The monoisotopic (exact) mass is 427 g/mol. The molecule has 0 spiro atoms. The van der Waals surface area contributed by atoms with E-state index in [0.717, 1.165) is 22.9 Å². The van der Waals surface area contributed by atoms with Gasteiger partial charge in [0.05, 0.1) is 0 Å². The molecule has 0 aromatic heterocycles. The first-order chi connectivity index (χ1) is 8.11. The number of carboxylic acids is 1. The number of rotatable bonds is 2. The van der Waals surface area contributed by atoms with Crippen molar-refractivity contribution in [2.24, 2.45) is 0 Å². The maximum atomic E-state index is 11.0. The summed E-state index contributed by atoms with van der Waals surface area (Å²) in [7, 11) is 0. The van der Waals surface area contributed by atoms with Gasteiger partial charge in [-0.05, 0) is 0 Å². The first-order valence-corrected chi connectivity index (χ1v) is 8.75. The number of hydrogen-bond donors (Lipinski definition) is 1. The van der Waals surface area contributed by atoms with Crippen LogP contribution in [0.2, 0.25) is 5.02 Å². The molecule has 17 heavy (non-hydrogen) atoms. The molecule has 2 nitrogen and oxygen atoms in total. The van der Waals surface area contributed by atoms with Gasteiger partial charge in [-0.2, -0.15) is 0 Å². The fourth-order valence-corrected chi connectivity index (χ4v) is 5.79. The third-order valence-electron chi connectivity index (χ3n) is 2.58. The standard InChI is InChI=1S/C12H10BrClIO2/c13-10-7(9-3-1-2-6-15-9)4-5-8(11(10)14)12(16)17/h2,4-6,9H,1,3H2,(H,16,17)/q-1. The molecule has 0 saturated heterocycles. The Morgan fingerprint density at radius 2 is 2.29 bits per heavy atom. The van der Waals surface area contributed by atoms with Crippen LogP contribution in [0.3, 0.4) is 0 Å². The molecule has 0 saturated carbocycles. The number of alkyl halides is 1. The molecule has 1 aromatic rings. The fourth-order valence-electron chi connectivity index (χ4n) is 1.70. The molecule has 0 fully saturated rings. The van der Waals surface area contributed by atoms with E-state index in [-0.39, 0.29) is 26.8 Å². The van der Waals surface area contributed by atoms with Crippen molar-refractivity contribution in [2.75, 3.05) is 0 Å². The predicted molar refractivity (Wildman–Crippen MR) is 67.2 cm³/mol. The van der Waals surface area contributed by atoms with Gasteiger partial charge < -0.3 is 0 Å². The van der Waals surface area contributed by atoms with Crippen LogP contribution in [0.1, 0.15) is 32.7 Å². The number of benzene rings is 1. The van der Waals surface area contributed by atoms with Crippen LogP contribution in [0, 0.1) is 0 Å². The zero-order valence-corrected chi connectivity index (χ0v) is 13.3. The van der Waals surface area contributed by atoms with Gasteiger partial charge in [-0.15, -0.1) is 0 Å². The van der Waals surface area contributed by atoms with Crippen LogP contribution < -0.4 is 21.2 Å². The number of allylic oxidation sites excluding steroid dienone is 1. The van der Waals surface area contributed by atoms with Crippen LogP contribution in [-0.4, -0.2) is 11.1 Å². The summed E-state index contributed by atoms with van der Waals surface area (Å²) in [5.74, 6) is -0.986. The van der Waals surface area contributed by atoms with Gasteiger partial charge in [0.2, 0.25) is 0 Å². The van der Waals surface area contributed by atoms with Crippen LogP contribution in [0.25, 0.3) is 0 Å². The second-order valence-corrected chi connectivity index (χ2v) is 7.78. The summed E-state index contributed by atoms with van der Waals surface area (Å²) < 4.78 is 3.56. The Kier molecular flexibility index (Phi) is 4.49. The molecule has 1 aliphatic rings. The third kappa shape index (κ3) is 2.85. The number of hydrogen-bond acceptors (Lipinski definition) is 1. The molecule has 1 atom stereocenters. The maximum absolute atomic E-state index is 11.0. The van der Waals surface area contributed by atoms with Gasteiger partial charge in [0.25, 0.3) is 0 Å². The number of carbonyl (C=O) groups is 1. The predicted octanol–water partition coefficient (Wildman–Crippen LogP) is 1.24. The van der Waals surface area contributed by atoms with Crippen molar-refractivity contribution in [1.82, 2.24) is 0 Å². The first kappa shape index (κ1) is 13.4. The van der Waals surface area contributed by atoms with Gasteiger partial charge in [0, 0.05) is 0 Å². The summed E-state index contributed by atoms with van der Waals surface area (Å²) in [5.41, 5.74) is 1.31. The van der Waals surface area contributed by atoms with Crippen molar-refractivity contribution in [2.45, 2.75) is 16.8 Å². The second-order valence-electron chi connectivity index (χ2n) is 3.67. The van der Waals surface area contributed by atoms with E-state index in [1.54, 1.807) is 6.07 Å². The minimum atomic E-state index is -0.986. The first-order valence-electron chi connectivity index (χ1n) is 5.09. The Balaban J connectivity index is 2.40. The molecule has 1 heterocycles. The Bertz CT molecular complexity index is 488. The Hall–Kier alpha value is -0.0700. The van der Waals surface area contributed by atoms with E-state index in [2.05, 4.69) is 26.1 Å². The van der Waals surface area contributed by atoms with E-state index in [1.807, 2.05) is 6.07 Å². The summed E-state index contributed by atoms with van der Waals surface area (Å²) in [5, 5.41) is 9.30. The molecule has 92 valence electrons. The van der Waals surface area contributed by atoms with Gasteiger partial charge in [-0.25, -0.2) is 0 Å². The summed E-state index contributed by atoms with van der Waals surface area (Å²) in [4.78, 5) is 11.0. The van der Waals surface area contributed by atoms with Crippen molar-refractivity contribution in [3.63, 3.8) is 0 Å². The second kappa shape index (κ2) is 5.71. The van der Waals surface area contributed by atoms with E-state index in [9.17, 15) is 4.79 Å². The number of carboxylic acid groups (broad SMARTS) is 1. The van der Waals surface area contributed by atoms with Crippen LogP contribution in [-0.2, 0) is 0 Å². The van der Waals surface area contributed by atoms with Crippen molar-refractivity contribution in [3.8, 4) is 0 Å². The SMILES string of the molecule is O=C(O)c1ccc(C2CCC=C[I-]2)c(Br)c1Cl. The molecule has 1 aromatic carbocycles. The van der Waals surface area contributed by atoms with Crippen LogP contribution >= 0.6 is 27.5 Å². The van der Waals surface area contributed by atoms with Crippen LogP contribution in [0.15, 0.2) is 26.8 Å². The van der Waals surface area contributed by atoms with E-state index < -0.39 is 5.97 Å². The molecule has 0 radical (unpaired) electrons. The van der Waals surface area contributed by atoms with E-state index in [0.29, 0.717) is 8.95 Å². The zero-order valence-electron chi connectivity index (χ0n) is 8.79.